The van der Waals surface area contributed by atoms with Crippen LogP contribution in [0.4, 0.5) is 0 Å². The highest BCUT2D eigenvalue weighted by molar-refractivity contribution is 9.08. The van der Waals surface area contributed by atoms with Crippen molar-refractivity contribution in [1.29, 1.82) is 0 Å². The standard InChI is InChI=1S/C11H8BrNO3/c12-6-9-5-10(13-16-9)7-1-3-8(4-2-7)11(14)15/h1-5H,6H2,(H,14,15). The molecule has 1 aromatic carbocycles. The quantitative estimate of drug-likeness (QED) is 0.879. The Balaban J connectivity index is 2.30. The minimum Gasteiger partial charge on any atom is -0.478 e. The smallest absolute Gasteiger partial charge is 0.335 e. The lowest BCUT2D eigenvalue weighted by Gasteiger charge is -1.96. The summed E-state index contributed by atoms with van der Waals surface area (Å²) in [6, 6.07) is 8.31. The van der Waals surface area contributed by atoms with Crippen molar-refractivity contribution in [2.45, 2.75) is 5.33 Å². The molecule has 2 rings (SSSR count). The van der Waals surface area contributed by atoms with E-state index in [2.05, 4.69) is 21.1 Å². The van der Waals surface area contributed by atoms with Crippen LogP contribution in [0.25, 0.3) is 11.3 Å². The van der Waals surface area contributed by atoms with E-state index in [-0.39, 0.29) is 5.56 Å². The Bertz CT molecular complexity index is 504. The van der Waals surface area contributed by atoms with Crippen LogP contribution in [0.2, 0.25) is 0 Å². The zero-order valence-electron chi connectivity index (χ0n) is 8.18. The summed E-state index contributed by atoms with van der Waals surface area (Å²) in [5.41, 5.74) is 1.79. The molecule has 0 aliphatic carbocycles. The fourth-order valence-corrected chi connectivity index (χ4v) is 1.56. The monoisotopic (exact) mass is 281 g/mol. The van der Waals surface area contributed by atoms with E-state index in [0.29, 0.717) is 11.0 Å². The van der Waals surface area contributed by atoms with Gasteiger partial charge in [0.2, 0.25) is 0 Å². The number of hydrogen-bond donors (Lipinski definition) is 1. The molecule has 0 unspecified atom stereocenters. The lowest BCUT2D eigenvalue weighted by molar-refractivity contribution is 0.0697. The first-order valence-corrected chi connectivity index (χ1v) is 5.68. The molecule has 0 spiro atoms. The van der Waals surface area contributed by atoms with Crippen LogP contribution in [-0.2, 0) is 5.33 Å². The van der Waals surface area contributed by atoms with E-state index in [1.807, 2.05) is 6.07 Å². The van der Waals surface area contributed by atoms with Gasteiger partial charge >= 0.3 is 5.97 Å². The number of benzene rings is 1. The number of halogens is 1. The summed E-state index contributed by atoms with van der Waals surface area (Å²) >= 11 is 3.26. The highest BCUT2D eigenvalue weighted by Gasteiger charge is 2.07. The minimum absolute atomic E-state index is 0.257. The van der Waals surface area contributed by atoms with E-state index < -0.39 is 5.97 Å². The fourth-order valence-electron chi connectivity index (χ4n) is 1.30. The van der Waals surface area contributed by atoms with Gasteiger partial charge in [-0.25, -0.2) is 4.79 Å². The number of aromatic nitrogens is 1. The average molecular weight is 282 g/mol. The molecule has 0 radical (unpaired) electrons. The maximum atomic E-state index is 10.7. The maximum Gasteiger partial charge on any atom is 0.335 e. The van der Waals surface area contributed by atoms with Crippen molar-refractivity contribution < 1.29 is 14.4 Å². The van der Waals surface area contributed by atoms with Crippen molar-refractivity contribution in [2.75, 3.05) is 0 Å². The Morgan fingerprint density at radius 2 is 2.06 bits per heavy atom. The number of rotatable bonds is 3. The van der Waals surface area contributed by atoms with E-state index >= 15 is 0 Å². The molecule has 1 aromatic heterocycles. The maximum absolute atomic E-state index is 10.7. The molecule has 1 N–H and O–H groups in total. The van der Waals surface area contributed by atoms with Crippen molar-refractivity contribution >= 4 is 21.9 Å². The molecule has 82 valence electrons. The molecular formula is C11H8BrNO3. The molecule has 0 saturated carbocycles. The summed E-state index contributed by atoms with van der Waals surface area (Å²) in [4.78, 5) is 10.7. The van der Waals surface area contributed by atoms with Crippen LogP contribution < -0.4 is 0 Å². The second-order valence-electron chi connectivity index (χ2n) is 3.19. The lowest BCUT2D eigenvalue weighted by atomic mass is 10.1. The summed E-state index contributed by atoms with van der Waals surface area (Å²) in [5, 5.41) is 13.2. The number of alkyl halides is 1. The van der Waals surface area contributed by atoms with Gasteiger partial charge in [-0.05, 0) is 12.1 Å². The summed E-state index contributed by atoms with van der Waals surface area (Å²) < 4.78 is 5.03. The molecule has 0 aliphatic heterocycles. The predicted molar refractivity (Wildman–Crippen MR) is 61.5 cm³/mol. The van der Waals surface area contributed by atoms with Gasteiger partial charge in [0.05, 0.1) is 10.9 Å². The third kappa shape index (κ3) is 2.14. The zero-order valence-corrected chi connectivity index (χ0v) is 9.77. The summed E-state index contributed by atoms with van der Waals surface area (Å²) in [5.74, 6) is -0.204. The number of hydrogen-bond acceptors (Lipinski definition) is 3. The fraction of sp³-hybridized carbons (Fsp3) is 0.0909. The highest BCUT2D eigenvalue weighted by Crippen LogP contribution is 2.20. The first kappa shape index (κ1) is 10.9. The summed E-state index contributed by atoms with van der Waals surface area (Å²) in [6.07, 6.45) is 0. The van der Waals surface area contributed by atoms with Gasteiger partial charge in [0, 0.05) is 11.6 Å². The zero-order chi connectivity index (χ0) is 11.5. The van der Waals surface area contributed by atoms with E-state index in [9.17, 15) is 4.79 Å². The molecule has 5 heteroatoms. The van der Waals surface area contributed by atoms with Gasteiger partial charge < -0.3 is 9.63 Å². The first-order valence-electron chi connectivity index (χ1n) is 4.56. The largest absolute Gasteiger partial charge is 0.478 e. The molecule has 0 aliphatic rings. The highest BCUT2D eigenvalue weighted by atomic mass is 79.9. The van der Waals surface area contributed by atoms with Gasteiger partial charge in [-0.2, -0.15) is 0 Å². The molecule has 1 heterocycles. The van der Waals surface area contributed by atoms with Crippen molar-refractivity contribution in [1.82, 2.24) is 5.16 Å². The normalized spacial score (nSPS) is 10.3. The van der Waals surface area contributed by atoms with Crippen LogP contribution in [0, 0.1) is 0 Å². The molecule has 16 heavy (non-hydrogen) atoms. The number of carboxylic acids is 1. The van der Waals surface area contributed by atoms with Crippen LogP contribution >= 0.6 is 15.9 Å². The second-order valence-corrected chi connectivity index (χ2v) is 3.76. The van der Waals surface area contributed by atoms with Gasteiger partial charge in [-0.3, -0.25) is 0 Å². The Hall–Kier alpha value is -1.62. The van der Waals surface area contributed by atoms with E-state index in [4.69, 9.17) is 9.63 Å². The van der Waals surface area contributed by atoms with E-state index in [1.165, 1.54) is 0 Å². The van der Waals surface area contributed by atoms with Crippen molar-refractivity contribution in [3.05, 3.63) is 41.7 Å². The van der Waals surface area contributed by atoms with Crippen molar-refractivity contribution in [3.8, 4) is 11.3 Å². The number of nitrogens with zero attached hydrogens (tertiary/aromatic N) is 1. The topological polar surface area (TPSA) is 63.3 Å². The van der Waals surface area contributed by atoms with Gasteiger partial charge in [-0.15, -0.1) is 0 Å². The Morgan fingerprint density at radius 1 is 1.38 bits per heavy atom. The molecule has 0 amide bonds. The third-order valence-corrected chi connectivity index (χ3v) is 2.67. The molecule has 0 atom stereocenters. The minimum atomic E-state index is -0.937. The Kier molecular flexibility index (Phi) is 3.05. The third-order valence-electron chi connectivity index (χ3n) is 2.12. The molecule has 2 aromatic rings. The summed E-state index contributed by atoms with van der Waals surface area (Å²) in [6.45, 7) is 0. The van der Waals surface area contributed by atoms with Crippen LogP contribution in [0.5, 0.6) is 0 Å². The first-order chi connectivity index (χ1) is 7.70. The van der Waals surface area contributed by atoms with Gasteiger partial charge in [-0.1, -0.05) is 33.2 Å². The lowest BCUT2D eigenvalue weighted by Crippen LogP contribution is -1.94. The molecular weight excluding hydrogens is 274 g/mol. The van der Waals surface area contributed by atoms with Crippen LogP contribution in [0.1, 0.15) is 16.1 Å². The molecule has 4 nitrogen and oxygen atoms in total. The van der Waals surface area contributed by atoms with Crippen LogP contribution in [0.15, 0.2) is 34.9 Å². The van der Waals surface area contributed by atoms with Crippen LogP contribution in [0.3, 0.4) is 0 Å². The predicted octanol–water partition coefficient (Wildman–Crippen LogP) is 2.93. The van der Waals surface area contributed by atoms with Crippen LogP contribution in [-0.4, -0.2) is 16.2 Å². The number of carboxylic acid groups (broad SMARTS) is 1. The SMILES string of the molecule is O=C(O)c1ccc(-c2cc(CBr)on2)cc1. The van der Waals surface area contributed by atoms with E-state index in [1.54, 1.807) is 24.3 Å². The average Bonchev–Trinajstić information content (AvgIpc) is 2.77. The van der Waals surface area contributed by atoms with Gasteiger partial charge in [0.25, 0.3) is 0 Å². The summed E-state index contributed by atoms with van der Waals surface area (Å²) in [7, 11) is 0. The van der Waals surface area contributed by atoms with E-state index in [0.717, 1.165) is 11.3 Å². The van der Waals surface area contributed by atoms with Gasteiger partial charge in [0.15, 0.2) is 0 Å². The second kappa shape index (κ2) is 4.49. The Labute approximate surface area is 100 Å². The van der Waals surface area contributed by atoms with Crippen molar-refractivity contribution in [2.24, 2.45) is 0 Å². The Morgan fingerprint density at radius 3 is 2.56 bits per heavy atom. The molecule has 0 bridgehead atoms. The van der Waals surface area contributed by atoms with Gasteiger partial charge in [0.1, 0.15) is 11.5 Å². The molecule has 0 fully saturated rings. The number of carbonyl (C=O) groups is 1. The van der Waals surface area contributed by atoms with Crippen molar-refractivity contribution in [3.63, 3.8) is 0 Å². The number of aromatic carboxylic acids is 1. The molecule has 0 saturated heterocycles.